The minimum Gasteiger partial charge on any atom is -0.440 e. The number of carbonyl (C=O) groups is 2. The molecule has 0 aliphatic carbocycles. The predicted molar refractivity (Wildman–Crippen MR) is 188 cm³/mol. The second-order valence-corrected chi connectivity index (χ2v) is 13.1. The average molecular weight is 674 g/mol. The molecule has 4 radical (unpaired) electrons. The van der Waals surface area contributed by atoms with Crippen LogP contribution in [0, 0.1) is 12.1 Å². The first kappa shape index (κ1) is 31.3. The van der Waals surface area contributed by atoms with Gasteiger partial charge < -0.3 is 4.42 Å². The minimum atomic E-state index is -1.77. The van der Waals surface area contributed by atoms with E-state index in [0.29, 0.717) is 62.0 Å². The first-order valence-electron chi connectivity index (χ1n) is 17.0. The zero-order valence-electron chi connectivity index (χ0n) is 27.5. The molecular weight excluding hydrogens is 642 g/mol. The lowest BCUT2D eigenvalue weighted by atomic mass is 9.86. The zero-order chi connectivity index (χ0) is 34.7. The highest BCUT2D eigenvalue weighted by Gasteiger charge is 2.56. The normalized spacial score (nSPS) is 18.8. The molecule has 51 heavy (non-hydrogen) atoms. The van der Waals surface area contributed by atoms with Crippen molar-refractivity contribution in [3.8, 4) is 0 Å². The summed E-state index contributed by atoms with van der Waals surface area (Å²) in [6.07, 6.45) is 8.10. The molecule has 2 fully saturated rings. The van der Waals surface area contributed by atoms with Gasteiger partial charge in [0.25, 0.3) is 11.8 Å². The van der Waals surface area contributed by atoms with Gasteiger partial charge in [0, 0.05) is 35.2 Å². The van der Waals surface area contributed by atoms with Gasteiger partial charge in [-0.05, 0) is 85.3 Å². The number of nitrogens with zero attached hydrogens (tertiary/aromatic N) is 5. The van der Waals surface area contributed by atoms with Gasteiger partial charge >= 0.3 is 0 Å². The highest BCUT2D eigenvalue weighted by atomic mass is 16.4. The van der Waals surface area contributed by atoms with E-state index >= 15 is 0 Å². The van der Waals surface area contributed by atoms with Crippen molar-refractivity contribution in [2.24, 2.45) is 0 Å². The Kier molecular flexibility index (Phi) is 7.34. The fraction of sp³-hybridized carbons (Fsp3) is 0.195. The molecular formula is C41H31N5O5. The molecule has 5 aromatic heterocycles. The number of benzene rings is 4. The van der Waals surface area contributed by atoms with Crippen LogP contribution in [0.3, 0.4) is 0 Å². The van der Waals surface area contributed by atoms with Crippen molar-refractivity contribution in [2.75, 3.05) is 13.1 Å². The number of rotatable bonds is 10. The van der Waals surface area contributed by atoms with Crippen LogP contribution >= 0.6 is 0 Å². The van der Waals surface area contributed by atoms with Gasteiger partial charge in [0.05, 0.1) is 6.20 Å². The first-order chi connectivity index (χ1) is 25.0. The van der Waals surface area contributed by atoms with Gasteiger partial charge in [0.1, 0.15) is 12.1 Å². The molecule has 0 N–H and O–H groups in total. The van der Waals surface area contributed by atoms with E-state index in [1.807, 2.05) is 72.8 Å². The zero-order valence-corrected chi connectivity index (χ0v) is 27.5. The molecule has 250 valence electrons. The number of oxazole rings is 1. The molecule has 2 aromatic carbocycles. The van der Waals surface area contributed by atoms with E-state index in [2.05, 4.69) is 12.6 Å². The van der Waals surface area contributed by atoms with Crippen molar-refractivity contribution in [3.63, 3.8) is 0 Å². The Hall–Kier alpha value is -5.71. The van der Waals surface area contributed by atoms with Crippen LogP contribution in [0.25, 0.3) is 22.1 Å². The Morgan fingerprint density at radius 1 is 0.588 bits per heavy atom. The second kappa shape index (κ2) is 12.0. The van der Waals surface area contributed by atoms with Gasteiger partial charge in [0.2, 0.25) is 18.5 Å². The van der Waals surface area contributed by atoms with Crippen LogP contribution in [-0.4, -0.2) is 61.4 Å². The summed E-state index contributed by atoms with van der Waals surface area (Å²) in [5, 5.41) is 0. The van der Waals surface area contributed by atoms with Crippen molar-refractivity contribution < 1.29 is 23.6 Å². The molecule has 10 nitrogen and oxygen atoms in total. The molecule has 7 heterocycles. The molecule has 4 bridgehead atoms. The van der Waals surface area contributed by atoms with Gasteiger partial charge in [-0.3, -0.25) is 38.1 Å². The summed E-state index contributed by atoms with van der Waals surface area (Å²) in [5.41, 5.74) is 0.601. The molecule has 2 atom stereocenters. The SMILES string of the molecule is O=[C]C(c1ccccc1)(c1cnc([C@]([C]=O)(c2ccccc2)N2CCC[C]2C(=O)n2c3ccc2cc3)o1)N1CCC[C]1C(=O)n1c2ccc1cc2. The second-order valence-electron chi connectivity index (χ2n) is 13.1. The predicted octanol–water partition coefficient (Wildman–Crippen LogP) is 6.10. The largest absolute Gasteiger partial charge is 0.440 e. The molecule has 9 rings (SSSR count). The Balaban J connectivity index is 1.19. The van der Waals surface area contributed by atoms with Gasteiger partial charge in [-0.15, -0.1) is 0 Å². The molecule has 10 heteroatoms. The van der Waals surface area contributed by atoms with Crippen LogP contribution in [0.2, 0.25) is 0 Å². The first-order valence-corrected chi connectivity index (χ1v) is 17.0. The van der Waals surface area contributed by atoms with Crippen molar-refractivity contribution in [2.45, 2.75) is 36.8 Å². The molecule has 2 saturated heterocycles. The van der Waals surface area contributed by atoms with Crippen LogP contribution in [0.15, 0.2) is 120 Å². The van der Waals surface area contributed by atoms with Gasteiger partial charge in [-0.25, -0.2) is 4.98 Å². The van der Waals surface area contributed by atoms with Crippen molar-refractivity contribution in [1.29, 1.82) is 0 Å². The fourth-order valence-corrected chi connectivity index (χ4v) is 8.18. The lowest BCUT2D eigenvalue weighted by Crippen LogP contribution is -2.51. The standard InChI is InChI=1S/C41H31N5O5/c47-26-40(28-9-3-1-4-10-28,43-23-7-13-34(43)37(49)45-30-15-16-31(45)18-17-30)36-25-42-39(51-36)41(27-48,29-11-5-2-6-12-29)44-24-8-14-35(44)38(50)46-32-19-20-33(46)22-21-32/h1-6,9-12,15-22,25H,7-8,13-14,23-24H2/t40?,41-/m0/s1. The number of fused-ring (bicyclic) bond motifs is 4. The van der Waals surface area contributed by atoms with E-state index in [4.69, 9.17) is 9.40 Å². The summed E-state index contributed by atoms with van der Waals surface area (Å²) in [6, 6.07) is 34.0. The average Bonchev–Trinajstić information content (AvgIpc) is 4.04. The summed E-state index contributed by atoms with van der Waals surface area (Å²) in [7, 11) is 0. The van der Waals surface area contributed by atoms with E-state index in [9.17, 15) is 19.2 Å². The van der Waals surface area contributed by atoms with Gasteiger partial charge in [0.15, 0.2) is 16.8 Å². The Bertz CT molecular complexity index is 2100. The third-order valence-corrected chi connectivity index (χ3v) is 10.5. The minimum absolute atomic E-state index is 0.0495. The molecule has 2 aliphatic rings. The van der Waals surface area contributed by atoms with Crippen molar-refractivity contribution in [3.05, 3.63) is 150 Å². The quantitative estimate of drug-likeness (QED) is 0.171. The number of hydrogen-bond acceptors (Lipinski definition) is 8. The Morgan fingerprint density at radius 2 is 1.00 bits per heavy atom. The third kappa shape index (κ3) is 4.46. The van der Waals surface area contributed by atoms with E-state index in [1.165, 1.54) is 6.20 Å². The van der Waals surface area contributed by atoms with E-state index < -0.39 is 11.1 Å². The number of hydrogen-bond donors (Lipinski definition) is 0. The lowest BCUT2D eigenvalue weighted by Gasteiger charge is -2.39. The van der Waals surface area contributed by atoms with E-state index in [0.717, 1.165) is 22.1 Å². The van der Waals surface area contributed by atoms with Gasteiger partial charge in [-0.2, -0.15) is 0 Å². The van der Waals surface area contributed by atoms with Gasteiger partial charge in [-0.1, -0.05) is 60.7 Å². The number of carbonyl (C=O) groups excluding carboxylic acids is 4. The summed E-state index contributed by atoms with van der Waals surface area (Å²) in [5.74, 6) is -0.425. The lowest BCUT2D eigenvalue weighted by molar-refractivity contribution is 0.0819. The third-order valence-electron chi connectivity index (χ3n) is 10.5. The van der Waals surface area contributed by atoms with Crippen LogP contribution in [0.1, 0.15) is 58.1 Å². The summed E-state index contributed by atoms with van der Waals surface area (Å²) in [6.45, 7) is 0.735. The van der Waals surface area contributed by atoms with Crippen molar-refractivity contribution >= 4 is 46.5 Å². The summed E-state index contributed by atoms with van der Waals surface area (Å²) in [4.78, 5) is 64.0. The molecule has 0 saturated carbocycles. The molecule has 1 unspecified atom stereocenters. The van der Waals surface area contributed by atoms with Crippen LogP contribution in [0.5, 0.6) is 0 Å². The highest BCUT2D eigenvalue weighted by Crippen LogP contribution is 2.47. The van der Waals surface area contributed by atoms with Crippen LogP contribution < -0.4 is 0 Å². The maximum Gasteiger partial charge on any atom is 0.254 e. The molecule has 0 spiro atoms. The fourth-order valence-electron chi connectivity index (χ4n) is 8.18. The Morgan fingerprint density at radius 3 is 1.43 bits per heavy atom. The van der Waals surface area contributed by atoms with E-state index in [1.54, 1.807) is 55.3 Å². The topological polar surface area (TPSA) is 111 Å². The summed E-state index contributed by atoms with van der Waals surface area (Å²) >= 11 is 0. The maximum atomic E-state index is 14.2. The maximum absolute atomic E-state index is 14.2. The highest BCUT2D eigenvalue weighted by molar-refractivity contribution is 6.02. The van der Waals surface area contributed by atoms with Crippen molar-refractivity contribution in [1.82, 2.24) is 23.9 Å². The molecule has 7 aromatic rings. The van der Waals surface area contributed by atoms with Crippen LogP contribution in [0.4, 0.5) is 0 Å². The smallest absolute Gasteiger partial charge is 0.254 e. The summed E-state index contributed by atoms with van der Waals surface area (Å²) < 4.78 is 9.98. The Labute approximate surface area is 293 Å². The van der Waals surface area contributed by atoms with Crippen LogP contribution in [-0.2, 0) is 20.7 Å². The van der Waals surface area contributed by atoms with E-state index in [-0.39, 0.29) is 23.5 Å². The number of likely N-dealkylation sites (tertiary alicyclic amines) is 2. The molecule has 0 amide bonds. The molecule has 2 aliphatic heterocycles. The monoisotopic (exact) mass is 673 g/mol. The number of aromatic nitrogens is 3.